The van der Waals surface area contributed by atoms with Crippen LogP contribution in [0.2, 0.25) is 0 Å². The standard InChI is InChI=1S/C10H13NO4S2/c1-2-4-11-17(12,13)10-8(3-7-16-10)9-14-5-6-15-9/h2-3,7,9,11H,1,4-6H2. The summed E-state index contributed by atoms with van der Waals surface area (Å²) in [5.41, 5.74) is 0.559. The van der Waals surface area contributed by atoms with Crippen LogP contribution >= 0.6 is 11.3 Å². The highest BCUT2D eigenvalue weighted by Gasteiger charge is 2.28. The van der Waals surface area contributed by atoms with Crippen LogP contribution < -0.4 is 4.72 Å². The minimum absolute atomic E-state index is 0.200. The fourth-order valence-electron chi connectivity index (χ4n) is 1.47. The highest BCUT2D eigenvalue weighted by molar-refractivity contribution is 7.91. The number of sulfonamides is 1. The third kappa shape index (κ3) is 2.75. The molecule has 0 amide bonds. The van der Waals surface area contributed by atoms with Gasteiger partial charge in [0.1, 0.15) is 4.21 Å². The number of thiophene rings is 1. The van der Waals surface area contributed by atoms with Crippen molar-refractivity contribution in [1.82, 2.24) is 4.72 Å². The first-order chi connectivity index (χ1) is 8.15. The van der Waals surface area contributed by atoms with Crippen LogP contribution in [-0.4, -0.2) is 28.2 Å². The Morgan fingerprint density at radius 2 is 2.24 bits per heavy atom. The second kappa shape index (κ2) is 5.28. The van der Waals surface area contributed by atoms with Crippen molar-refractivity contribution in [2.24, 2.45) is 0 Å². The van der Waals surface area contributed by atoms with Gasteiger partial charge in [-0.1, -0.05) is 6.08 Å². The summed E-state index contributed by atoms with van der Waals surface area (Å²) in [5, 5.41) is 1.71. The van der Waals surface area contributed by atoms with Gasteiger partial charge in [-0.3, -0.25) is 0 Å². The first-order valence-electron chi connectivity index (χ1n) is 5.06. The molecule has 7 heteroatoms. The number of ether oxygens (including phenoxy) is 2. The topological polar surface area (TPSA) is 64.6 Å². The molecule has 0 unspecified atom stereocenters. The molecule has 1 aromatic rings. The average molecular weight is 275 g/mol. The highest BCUT2D eigenvalue weighted by Crippen LogP contribution is 2.32. The molecule has 0 bridgehead atoms. The van der Waals surface area contributed by atoms with Crippen molar-refractivity contribution in [3.8, 4) is 0 Å². The van der Waals surface area contributed by atoms with Gasteiger partial charge in [0.25, 0.3) is 10.0 Å². The molecule has 0 aliphatic carbocycles. The second-order valence-electron chi connectivity index (χ2n) is 3.38. The predicted molar refractivity (Wildman–Crippen MR) is 64.3 cm³/mol. The molecule has 0 radical (unpaired) electrons. The molecule has 2 rings (SSSR count). The molecule has 17 heavy (non-hydrogen) atoms. The number of rotatable bonds is 5. The molecule has 0 atom stereocenters. The minimum Gasteiger partial charge on any atom is -0.346 e. The van der Waals surface area contributed by atoms with Gasteiger partial charge in [0, 0.05) is 12.1 Å². The summed E-state index contributed by atoms with van der Waals surface area (Å²) in [6.45, 7) is 4.64. The van der Waals surface area contributed by atoms with Crippen LogP contribution in [0.3, 0.4) is 0 Å². The highest BCUT2D eigenvalue weighted by atomic mass is 32.2. The Bertz CT molecular complexity index is 488. The van der Waals surface area contributed by atoms with Crippen LogP contribution in [0.25, 0.3) is 0 Å². The largest absolute Gasteiger partial charge is 0.346 e. The van der Waals surface area contributed by atoms with E-state index in [-0.39, 0.29) is 10.8 Å². The molecular weight excluding hydrogens is 262 g/mol. The Morgan fingerprint density at radius 1 is 1.53 bits per heavy atom. The van der Waals surface area contributed by atoms with Gasteiger partial charge in [0.15, 0.2) is 6.29 Å². The lowest BCUT2D eigenvalue weighted by Gasteiger charge is -2.10. The molecule has 5 nitrogen and oxygen atoms in total. The Balaban J connectivity index is 2.26. The minimum atomic E-state index is -3.51. The fourth-order valence-corrected chi connectivity index (χ4v) is 3.90. The van der Waals surface area contributed by atoms with E-state index in [9.17, 15) is 8.42 Å². The Morgan fingerprint density at radius 3 is 2.88 bits per heavy atom. The van der Waals surface area contributed by atoms with Crippen molar-refractivity contribution in [3.63, 3.8) is 0 Å². The molecular formula is C10H13NO4S2. The van der Waals surface area contributed by atoms with E-state index in [1.807, 2.05) is 0 Å². The molecule has 1 aliphatic heterocycles. The number of nitrogens with one attached hydrogen (secondary N) is 1. The van der Waals surface area contributed by atoms with Crippen LogP contribution in [0, 0.1) is 0 Å². The maximum atomic E-state index is 12.0. The van der Waals surface area contributed by atoms with Crippen LogP contribution in [0.15, 0.2) is 28.3 Å². The van der Waals surface area contributed by atoms with E-state index in [0.29, 0.717) is 18.8 Å². The summed E-state index contributed by atoms with van der Waals surface area (Å²) >= 11 is 1.15. The molecule has 0 aromatic carbocycles. The van der Waals surface area contributed by atoms with E-state index in [1.165, 1.54) is 6.08 Å². The molecule has 1 saturated heterocycles. The summed E-state index contributed by atoms with van der Waals surface area (Å²) in [6.07, 6.45) is 0.921. The van der Waals surface area contributed by atoms with E-state index >= 15 is 0 Å². The fraction of sp³-hybridized carbons (Fsp3) is 0.400. The first kappa shape index (κ1) is 12.7. The summed E-state index contributed by atoms with van der Waals surface area (Å²) in [6, 6.07) is 1.71. The predicted octanol–water partition coefficient (Wildman–Crippen LogP) is 1.26. The van der Waals surface area contributed by atoms with Crippen molar-refractivity contribution in [1.29, 1.82) is 0 Å². The van der Waals surface area contributed by atoms with E-state index in [2.05, 4.69) is 11.3 Å². The van der Waals surface area contributed by atoms with Crippen molar-refractivity contribution in [2.75, 3.05) is 19.8 Å². The number of hydrogen-bond acceptors (Lipinski definition) is 5. The molecule has 1 fully saturated rings. The average Bonchev–Trinajstić information content (AvgIpc) is 2.95. The van der Waals surface area contributed by atoms with Crippen molar-refractivity contribution >= 4 is 21.4 Å². The monoisotopic (exact) mass is 275 g/mol. The maximum Gasteiger partial charge on any atom is 0.250 e. The van der Waals surface area contributed by atoms with Gasteiger partial charge in [0.05, 0.1) is 13.2 Å². The van der Waals surface area contributed by atoms with Crippen molar-refractivity contribution in [3.05, 3.63) is 29.7 Å². The van der Waals surface area contributed by atoms with E-state index in [0.717, 1.165) is 11.3 Å². The Kier molecular flexibility index (Phi) is 3.95. The van der Waals surface area contributed by atoms with Gasteiger partial charge in [-0.05, 0) is 11.4 Å². The van der Waals surface area contributed by atoms with Gasteiger partial charge in [-0.2, -0.15) is 0 Å². The molecule has 1 aliphatic rings. The van der Waals surface area contributed by atoms with Gasteiger partial charge >= 0.3 is 0 Å². The van der Waals surface area contributed by atoms with E-state index in [1.54, 1.807) is 11.4 Å². The Hall–Kier alpha value is -0.730. The quantitative estimate of drug-likeness (QED) is 0.822. The molecule has 94 valence electrons. The second-order valence-corrected chi connectivity index (χ2v) is 6.26. The van der Waals surface area contributed by atoms with E-state index in [4.69, 9.17) is 9.47 Å². The van der Waals surface area contributed by atoms with Gasteiger partial charge < -0.3 is 9.47 Å². The van der Waals surface area contributed by atoms with Crippen LogP contribution in [0.4, 0.5) is 0 Å². The van der Waals surface area contributed by atoms with E-state index < -0.39 is 16.3 Å². The number of hydrogen-bond donors (Lipinski definition) is 1. The van der Waals surface area contributed by atoms with Crippen LogP contribution in [0.1, 0.15) is 11.9 Å². The third-order valence-electron chi connectivity index (χ3n) is 2.20. The summed E-state index contributed by atoms with van der Waals surface area (Å²) in [5.74, 6) is 0. The maximum absolute atomic E-state index is 12.0. The SMILES string of the molecule is C=CCNS(=O)(=O)c1sccc1C1OCCO1. The summed E-state index contributed by atoms with van der Waals surface area (Å²) < 4.78 is 37.2. The van der Waals surface area contributed by atoms with Gasteiger partial charge in [-0.25, -0.2) is 13.1 Å². The van der Waals surface area contributed by atoms with Crippen LogP contribution in [0.5, 0.6) is 0 Å². The smallest absolute Gasteiger partial charge is 0.250 e. The lowest BCUT2D eigenvalue weighted by atomic mass is 10.3. The normalized spacial score (nSPS) is 17.4. The van der Waals surface area contributed by atoms with Gasteiger partial charge in [-0.15, -0.1) is 17.9 Å². The zero-order valence-electron chi connectivity index (χ0n) is 9.09. The zero-order valence-corrected chi connectivity index (χ0v) is 10.7. The Labute approximate surface area is 104 Å². The summed E-state index contributed by atoms with van der Waals surface area (Å²) in [4.78, 5) is 0. The molecule has 1 N–H and O–H groups in total. The van der Waals surface area contributed by atoms with Crippen molar-refractivity contribution < 1.29 is 17.9 Å². The van der Waals surface area contributed by atoms with Crippen LogP contribution in [-0.2, 0) is 19.5 Å². The van der Waals surface area contributed by atoms with Crippen molar-refractivity contribution in [2.45, 2.75) is 10.5 Å². The lowest BCUT2D eigenvalue weighted by Crippen LogP contribution is -2.24. The molecule has 2 heterocycles. The molecule has 1 aromatic heterocycles. The first-order valence-corrected chi connectivity index (χ1v) is 7.42. The zero-order chi connectivity index (χ0) is 12.3. The van der Waals surface area contributed by atoms with Gasteiger partial charge in [0.2, 0.25) is 0 Å². The summed E-state index contributed by atoms with van der Waals surface area (Å²) in [7, 11) is -3.51. The third-order valence-corrected chi connectivity index (χ3v) is 5.14. The lowest BCUT2D eigenvalue weighted by molar-refractivity contribution is -0.0456. The molecule has 0 spiro atoms. The molecule has 0 saturated carbocycles.